The van der Waals surface area contributed by atoms with Gasteiger partial charge in [0.2, 0.25) is 0 Å². The van der Waals surface area contributed by atoms with E-state index in [-0.39, 0.29) is 17.0 Å². The maximum Gasteiger partial charge on any atom is 0.185 e. The minimum Gasteiger partial charge on any atom is -0.300 e. The van der Waals surface area contributed by atoms with Gasteiger partial charge in [-0.1, -0.05) is 12.1 Å². The van der Waals surface area contributed by atoms with Crippen molar-refractivity contribution in [2.45, 2.75) is 48.3 Å². The highest BCUT2D eigenvalue weighted by Crippen LogP contribution is 2.43. The van der Waals surface area contributed by atoms with Crippen LogP contribution in [0.25, 0.3) is 21.7 Å². The number of hydrogen-bond acceptors (Lipinski definition) is 6. The number of likely N-dealkylation sites (tertiary alicyclic amines) is 1. The normalized spacial score (nSPS) is 17.0. The molecule has 2 aromatic heterocycles. The first-order valence-electron chi connectivity index (χ1n) is 12.9. The van der Waals surface area contributed by atoms with Crippen molar-refractivity contribution in [2.24, 2.45) is 0 Å². The highest BCUT2D eigenvalue weighted by atomic mass is 32.2. The lowest BCUT2D eigenvalue weighted by molar-refractivity contribution is 0.203. The van der Waals surface area contributed by atoms with E-state index in [1.54, 1.807) is 24.5 Å². The molecule has 1 aliphatic heterocycles. The van der Waals surface area contributed by atoms with E-state index in [0.717, 1.165) is 59.6 Å². The van der Waals surface area contributed by atoms with Crippen LogP contribution in [0.3, 0.4) is 0 Å². The Bertz CT molecular complexity index is 1610. The molecule has 0 unspecified atom stereocenters. The Kier molecular flexibility index (Phi) is 7.03. The van der Waals surface area contributed by atoms with Crippen LogP contribution in [0.1, 0.15) is 42.2 Å². The highest BCUT2D eigenvalue weighted by molar-refractivity contribution is 7.90. The SMILES string of the molecule is O=S(=O)(Cc1cccc(-c2nc(C3CCN(C4CC4)CC3)sc2-c2ccncc2)c1F)c1cc(F)ccc1F. The smallest absolute Gasteiger partial charge is 0.185 e. The minimum absolute atomic E-state index is 0.135. The Morgan fingerprint density at radius 1 is 0.949 bits per heavy atom. The zero-order valence-corrected chi connectivity index (χ0v) is 22.6. The molecule has 0 N–H and O–H groups in total. The second-order valence-corrected chi connectivity index (χ2v) is 13.1. The maximum absolute atomic E-state index is 16.0. The van der Waals surface area contributed by atoms with Gasteiger partial charge in [-0.15, -0.1) is 11.3 Å². The molecule has 1 saturated heterocycles. The van der Waals surface area contributed by atoms with Crippen molar-refractivity contribution in [2.75, 3.05) is 13.1 Å². The Morgan fingerprint density at radius 3 is 2.41 bits per heavy atom. The van der Waals surface area contributed by atoms with Gasteiger partial charge in [0.05, 0.1) is 21.3 Å². The molecular formula is C29H26F3N3O2S2. The van der Waals surface area contributed by atoms with E-state index in [9.17, 15) is 17.2 Å². The first-order chi connectivity index (χ1) is 18.8. The highest BCUT2D eigenvalue weighted by Gasteiger charge is 2.34. The van der Waals surface area contributed by atoms with E-state index in [1.165, 1.54) is 30.2 Å². The van der Waals surface area contributed by atoms with Gasteiger partial charge >= 0.3 is 0 Å². The van der Waals surface area contributed by atoms with Gasteiger partial charge in [-0.2, -0.15) is 0 Å². The van der Waals surface area contributed by atoms with E-state index in [2.05, 4.69) is 9.88 Å². The van der Waals surface area contributed by atoms with Crippen LogP contribution >= 0.6 is 11.3 Å². The standard InChI is InChI=1S/C29H26F3N3O2S2/c30-21-4-7-24(31)25(16-21)39(36,37)17-20-2-1-3-23(26(20)32)27-28(18-8-12-33-13-9-18)38-29(34-27)19-10-14-35(15-11-19)22-5-6-22/h1-4,7-9,12-13,16,19,22H,5-6,10-11,14-15,17H2. The van der Waals surface area contributed by atoms with Crippen LogP contribution in [-0.2, 0) is 15.6 Å². The van der Waals surface area contributed by atoms with Crippen LogP contribution in [0.15, 0.2) is 65.8 Å². The van der Waals surface area contributed by atoms with Crippen LogP contribution in [0.5, 0.6) is 0 Å². The molecule has 5 nitrogen and oxygen atoms in total. The molecule has 6 rings (SSSR count). The molecule has 0 bridgehead atoms. The summed E-state index contributed by atoms with van der Waals surface area (Å²) in [5, 5.41) is 0.937. The molecule has 0 spiro atoms. The lowest BCUT2D eigenvalue weighted by atomic mass is 9.97. The summed E-state index contributed by atoms with van der Waals surface area (Å²) >= 11 is 1.53. The summed E-state index contributed by atoms with van der Waals surface area (Å²) in [5.74, 6) is -3.25. The van der Waals surface area contributed by atoms with Gasteiger partial charge in [0.25, 0.3) is 0 Å². The van der Waals surface area contributed by atoms with Crippen LogP contribution in [0.4, 0.5) is 13.2 Å². The predicted molar refractivity (Wildman–Crippen MR) is 145 cm³/mol. The van der Waals surface area contributed by atoms with Gasteiger partial charge in [-0.25, -0.2) is 26.6 Å². The number of halogens is 3. The molecule has 1 saturated carbocycles. The number of benzene rings is 2. The number of thiazole rings is 1. The number of aromatic nitrogens is 2. The van der Waals surface area contributed by atoms with Crippen molar-refractivity contribution >= 4 is 21.2 Å². The second-order valence-electron chi connectivity index (χ2n) is 10.1. The summed E-state index contributed by atoms with van der Waals surface area (Å²) in [6, 6.07) is 11.1. The fourth-order valence-electron chi connectivity index (χ4n) is 5.22. The third-order valence-electron chi connectivity index (χ3n) is 7.44. The fourth-order valence-corrected chi connectivity index (χ4v) is 7.92. The molecule has 2 fully saturated rings. The van der Waals surface area contributed by atoms with Gasteiger partial charge in [0.15, 0.2) is 9.84 Å². The average molecular weight is 570 g/mol. The molecule has 3 heterocycles. The molecule has 0 radical (unpaired) electrons. The van der Waals surface area contributed by atoms with Gasteiger partial charge in [-0.05, 0) is 80.7 Å². The number of piperidine rings is 1. The second kappa shape index (κ2) is 10.5. The first kappa shape index (κ1) is 26.2. The third-order valence-corrected chi connectivity index (χ3v) is 10.4. The summed E-state index contributed by atoms with van der Waals surface area (Å²) in [4.78, 5) is 11.6. The van der Waals surface area contributed by atoms with Crippen LogP contribution in [0, 0.1) is 17.5 Å². The number of rotatable bonds is 7. The summed E-state index contributed by atoms with van der Waals surface area (Å²) in [6.07, 6.45) is 7.85. The first-order valence-corrected chi connectivity index (χ1v) is 15.4. The molecule has 202 valence electrons. The number of pyridine rings is 1. The molecule has 2 aliphatic rings. The molecule has 0 amide bonds. The molecule has 1 aliphatic carbocycles. The summed E-state index contributed by atoms with van der Waals surface area (Å²) < 4.78 is 69.8. The van der Waals surface area contributed by atoms with Crippen molar-refractivity contribution < 1.29 is 21.6 Å². The average Bonchev–Trinajstić information content (AvgIpc) is 3.70. The number of hydrogen-bond donors (Lipinski definition) is 0. The van der Waals surface area contributed by atoms with Crippen molar-refractivity contribution in [3.63, 3.8) is 0 Å². The summed E-state index contributed by atoms with van der Waals surface area (Å²) in [7, 11) is -4.36. The summed E-state index contributed by atoms with van der Waals surface area (Å²) in [6.45, 7) is 2.04. The topological polar surface area (TPSA) is 63.2 Å². The Morgan fingerprint density at radius 2 is 1.69 bits per heavy atom. The molecule has 2 aromatic carbocycles. The van der Waals surface area contributed by atoms with Gasteiger partial charge in [0, 0.05) is 35.5 Å². The van der Waals surface area contributed by atoms with Crippen molar-refractivity contribution in [1.29, 1.82) is 0 Å². The minimum atomic E-state index is -4.36. The zero-order valence-electron chi connectivity index (χ0n) is 21.0. The third kappa shape index (κ3) is 5.37. The van der Waals surface area contributed by atoms with Crippen LogP contribution < -0.4 is 0 Å². The largest absolute Gasteiger partial charge is 0.300 e. The van der Waals surface area contributed by atoms with Gasteiger partial charge in [-0.3, -0.25) is 4.98 Å². The van der Waals surface area contributed by atoms with E-state index in [0.29, 0.717) is 11.8 Å². The predicted octanol–water partition coefficient (Wildman–Crippen LogP) is 6.61. The number of nitrogens with zero attached hydrogens (tertiary/aromatic N) is 3. The van der Waals surface area contributed by atoms with Gasteiger partial charge < -0.3 is 4.90 Å². The van der Waals surface area contributed by atoms with Crippen molar-refractivity contribution in [1.82, 2.24) is 14.9 Å². The van der Waals surface area contributed by atoms with Crippen LogP contribution in [0.2, 0.25) is 0 Å². The summed E-state index contributed by atoms with van der Waals surface area (Å²) in [5.41, 5.74) is 1.33. The zero-order chi connectivity index (χ0) is 27.1. The molecule has 4 aromatic rings. The Balaban J connectivity index is 1.37. The maximum atomic E-state index is 16.0. The monoisotopic (exact) mass is 569 g/mol. The van der Waals surface area contributed by atoms with E-state index in [4.69, 9.17) is 4.98 Å². The van der Waals surface area contributed by atoms with Crippen molar-refractivity contribution in [3.05, 3.63) is 88.9 Å². The quantitative estimate of drug-likeness (QED) is 0.251. The van der Waals surface area contributed by atoms with Crippen LogP contribution in [-0.4, -0.2) is 42.4 Å². The molecule has 39 heavy (non-hydrogen) atoms. The lowest BCUT2D eigenvalue weighted by Crippen LogP contribution is -2.34. The van der Waals surface area contributed by atoms with E-state index < -0.39 is 37.9 Å². The van der Waals surface area contributed by atoms with E-state index in [1.807, 2.05) is 12.1 Å². The Hall–Kier alpha value is -3.08. The molecule has 10 heteroatoms. The molecule has 0 atom stereocenters. The lowest BCUT2D eigenvalue weighted by Gasteiger charge is -2.30. The van der Waals surface area contributed by atoms with E-state index >= 15 is 4.39 Å². The van der Waals surface area contributed by atoms with Gasteiger partial charge in [0.1, 0.15) is 22.3 Å². The van der Waals surface area contributed by atoms with Crippen molar-refractivity contribution in [3.8, 4) is 21.7 Å². The fraction of sp³-hybridized carbons (Fsp3) is 0.310. The Labute approximate surface area is 229 Å². The number of sulfone groups is 1. The molecular weight excluding hydrogens is 543 g/mol.